The Balaban J connectivity index is 1.58. The smallest absolute Gasteiger partial charge is 0.248 e. The van der Waals surface area contributed by atoms with Crippen molar-refractivity contribution >= 4 is 40.2 Å². The van der Waals surface area contributed by atoms with Gasteiger partial charge >= 0.3 is 0 Å². The molecule has 0 amide bonds. The predicted molar refractivity (Wildman–Crippen MR) is 173 cm³/mol. The summed E-state index contributed by atoms with van der Waals surface area (Å²) in [5, 5.41) is 0. The Bertz CT molecular complexity index is 1820. The highest BCUT2D eigenvalue weighted by atomic mass is 15.1. The molecule has 1 aliphatic rings. The van der Waals surface area contributed by atoms with Gasteiger partial charge in [-0.1, -0.05) is 138 Å². The van der Waals surface area contributed by atoms with Crippen molar-refractivity contribution in [3.63, 3.8) is 0 Å². The minimum Gasteiger partial charge on any atom is -0.312 e. The molecule has 1 aliphatic heterocycles. The van der Waals surface area contributed by atoms with Crippen LogP contribution in [0, 0.1) is 13.8 Å². The van der Waals surface area contributed by atoms with Crippen LogP contribution >= 0.6 is 0 Å². The molecule has 1 nitrogen and oxygen atoms in total. The maximum Gasteiger partial charge on any atom is 0.248 e. The maximum atomic E-state index is 2.43. The van der Waals surface area contributed by atoms with Gasteiger partial charge in [0.25, 0.3) is 0 Å². The Labute approximate surface area is 237 Å². The van der Waals surface area contributed by atoms with Crippen molar-refractivity contribution in [2.45, 2.75) is 13.8 Å². The van der Waals surface area contributed by atoms with E-state index in [1.165, 1.54) is 66.8 Å². The lowest BCUT2D eigenvalue weighted by Crippen LogP contribution is -2.58. The van der Waals surface area contributed by atoms with Gasteiger partial charge in [-0.2, -0.15) is 0 Å². The van der Waals surface area contributed by atoms with Gasteiger partial charge in [0.05, 0.1) is 0 Å². The molecule has 2 heteroatoms. The van der Waals surface area contributed by atoms with Gasteiger partial charge < -0.3 is 4.90 Å². The van der Waals surface area contributed by atoms with Crippen molar-refractivity contribution in [2.24, 2.45) is 0 Å². The van der Waals surface area contributed by atoms with Gasteiger partial charge in [0.2, 0.25) is 6.71 Å². The van der Waals surface area contributed by atoms with Gasteiger partial charge in [-0.05, 0) is 71.3 Å². The Kier molecular flexibility index (Phi) is 6.09. The fraction of sp³-hybridized carbons (Fsp3) is 0.0526. The number of hydrogen-bond donors (Lipinski definition) is 0. The van der Waals surface area contributed by atoms with Gasteiger partial charge in [-0.3, -0.25) is 0 Å². The third kappa shape index (κ3) is 4.13. The van der Waals surface area contributed by atoms with Crippen molar-refractivity contribution in [1.29, 1.82) is 0 Å². The van der Waals surface area contributed by atoms with Crippen LogP contribution in [0.3, 0.4) is 0 Å². The number of hydrogen-bond acceptors (Lipinski definition) is 1. The number of benzene rings is 6. The number of rotatable bonds is 4. The molecule has 0 bridgehead atoms. The van der Waals surface area contributed by atoms with E-state index in [0.29, 0.717) is 0 Å². The van der Waals surface area contributed by atoms with Crippen LogP contribution in [-0.4, -0.2) is 6.71 Å². The number of fused-ring (bicyclic) bond motifs is 2. The molecule has 40 heavy (non-hydrogen) atoms. The van der Waals surface area contributed by atoms with E-state index >= 15 is 0 Å². The van der Waals surface area contributed by atoms with Crippen LogP contribution in [0.5, 0.6) is 0 Å². The molecule has 0 unspecified atom stereocenters. The average molecular weight is 511 g/mol. The third-order valence-corrected chi connectivity index (χ3v) is 8.05. The number of aryl methyl sites for hydroxylation is 2. The summed E-state index contributed by atoms with van der Waals surface area (Å²) in [6.07, 6.45) is 0. The fourth-order valence-electron chi connectivity index (χ4n) is 6.32. The lowest BCUT2D eigenvalue weighted by molar-refractivity contribution is 1.28. The monoisotopic (exact) mass is 511 g/mol. The van der Waals surface area contributed by atoms with Crippen LogP contribution in [0.4, 0.5) is 17.1 Å². The van der Waals surface area contributed by atoms with Gasteiger partial charge in [0.1, 0.15) is 0 Å². The number of anilines is 3. The van der Waals surface area contributed by atoms with Crippen molar-refractivity contribution < 1.29 is 0 Å². The first kappa shape index (κ1) is 24.2. The van der Waals surface area contributed by atoms with Crippen molar-refractivity contribution in [1.82, 2.24) is 0 Å². The fourth-order valence-corrected chi connectivity index (χ4v) is 6.32. The number of nitrogens with zero attached hydrogens (tertiary/aromatic N) is 1. The minimum atomic E-state index is 0.0676. The zero-order valence-electron chi connectivity index (χ0n) is 22.9. The van der Waals surface area contributed by atoms with E-state index in [0.717, 1.165) is 0 Å². The largest absolute Gasteiger partial charge is 0.312 e. The summed E-state index contributed by atoms with van der Waals surface area (Å²) >= 11 is 0. The van der Waals surface area contributed by atoms with E-state index in [9.17, 15) is 0 Å². The van der Waals surface area contributed by atoms with Crippen molar-refractivity contribution in [2.75, 3.05) is 4.90 Å². The Morgan fingerprint density at radius 3 is 1.82 bits per heavy atom. The molecule has 0 fully saturated rings. The zero-order valence-corrected chi connectivity index (χ0v) is 22.9. The van der Waals surface area contributed by atoms with Crippen LogP contribution in [0.15, 0.2) is 146 Å². The van der Waals surface area contributed by atoms with Crippen LogP contribution in [0.2, 0.25) is 0 Å². The summed E-state index contributed by atoms with van der Waals surface area (Å²) in [5.41, 5.74) is 15.2. The zero-order chi connectivity index (χ0) is 27.1. The molecule has 0 aliphatic carbocycles. The molecule has 7 rings (SSSR count). The SMILES string of the molecule is Cc1cccc(-c2cccc(-c3ccccc3)c2B2c3ccccc3N(c3ccccc3)c3ccc(C)cc32)c1. The minimum absolute atomic E-state index is 0.0676. The maximum absolute atomic E-state index is 2.43. The summed E-state index contributed by atoms with van der Waals surface area (Å²) in [6.45, 7) is 4.45. The molecule has 190 valence electrons. The Hall–Kier alpha value is -4.82. The third-order valence-electron chi connectivity index (χ3n) is 8.05. The second kappa shape index (κ2) is 10.1. The molecule has 0 saturated carbocycles. The molecule has 0 radical (unpaired) electrons. The highest BCUT2D eigenvalue weighted by Gasteiger charge is 2.37. The highest BCUT2D eigenvalue weighted by molar-refractivity contribution is 6.99. The Morgan fingerprint density at radius 2 is 1.05 bits per heavy atom. The second-order valence-electron chi connectivity index (χ2n) is 10.7. The first-order valence-corrected chi connectivity index (χ1v) is 14.0. The van der Waals surface area contributed by atoms with Gasteiger partial charge in [0.15, 0.2) is 0 Å². The molecule has 1 heterocycles. The predicted octanol–water partition coefficient (Wildman–Crippen LogP) is 7.94. The topological polar surface area (TPSA) is 3.24 Å². The van der Waals surface area contributed by atoms with Crippen LogP contribution in [0.25, 0.3) is 22.3 Å². The van der Waals surface area contributed by atoms with Crippen molar-refractivity contribution in [3.8, 4) is 22.3 Å². The quantitative estimate of drug-likeness (QED) is 0.217. The lowest BCUT2D eigenvalue weighted by Gasteiger charge is -2.38. The van der Waals surface area contributed by atoms with Gasteiger partial charge in [0, 0.05) is 17.1 Å². The van der Waals surface area contributed by atoms with E-state index in [-0.39, 0.29) is 6.71 Å². The summed E-state index contributed by atoms with van der Waals surface area (Å²) < 4.78 is 0. The Morgan fingerprint density at radius 1 is 0.450 bits per heavy atom. The van der Waals surface area contributed by atoms with Gasteiger partial charge in [-0.15, -0.1) is 0 Å². The van der Waals surface area contributed by atoms with Gasteiger partial charge in [-0.25, -0.2) is 0 Å². The summed E-state index contributed by atoms with van der Waals surface area (Å²) in [4.78, 5) is 2.43. The molecule has 6 aromatic rings. The first-order valence-electron chi connectivity index (χ1n) is 14.0. The van der Waals surface area contributed by atoms with E-state index in [1.807, 2.05) is 0 Å². The number of para-hydroxylation sites is 2. The normalized spacial score (nSPS) is 12.2. The van der Waals surface area contributed by atoms with E-state index in [4.69, 9.17) is 0 Å². The molecule has 0 spiro atoms. The average Bonchev–Trinajstić information content (AvgIpc) is 3.00. The van der Waals surface area contributed by atoms with E-state index in [2.05, 4.69) is 164 Å². The van der Waals surface area contributed by atoms with Crippen LogP contribution in [0.1, 0.15) is 11.1 Å². The molecule has 0 atom stereocenters. The summed E-state index contributed by atoms with van der Waals surface area (Å²) in [6, 6.07) is 53.2. The summed E-state index contributed by atoms with van der Waals surface area (Å²) in [7, 11) is 0. The van der Waals surface area contributed by atoms with Crippen LogP contribution < -0.4 is 21.3 Å². The first-order chi connectivity index (χ1) is 19.7. The van der Waals surface area contributed by atoms with Crippen molar-refractivity contribution in [3.05, 3.63) is 157 Å². The van der Waals surface area contributed by atoms with E-state index < -0.39 is 0 Å². The molecule has 0 N–H and O–H groups in total. The second-order valence-corrected chi connectivity index (χ2v) is 10.7. The lowest BCUT2D eigenvalue weighted by atomic mass is 9.33. The molecular formula is C38H30BN. The molecule has 0 aromatic heterocycles. The molecule has 0 saturated heterocycles. The molecular weight excluding hydrogens is 481 g/mol. The van der Waals surface area contributed by atoms with E-state index in [1.54, 1.807) is 0 Å². The highest BCUT2D eigenvalue weighted by Crippen LogP contribution is 2.37. The standard InChI is InChI=1S/C38H30BN/c1-27-13-11-16-30(25-27)33-20-12-19-32(29-14-5-3-6-15-29)38(33)39-34-21-9-10-22-36(34)40(31-17-7-4-8-18-31)37-24-23-28(2)26-35(37)39/h3-26H,1-2H3. The summed E-state index contributed by atoms with van der Waals surface area (Å²) in [5.74, 6) is 0. The van der Waals surface area contributed by atoms with Crippen LogP contribution in [-0.2, 0) is 0 Å². The molecule has 6 aromatic carbocycles.